The predicted octanol–water partition coefficient (Wildman–Crippen LogP) is 4.77. The van der Waals surface area contributed by atoms with Crippen LogP contribution in [0, 0.1) is 23.7 Å². The molecule has 0 radical (unpaired) electrons. The molecule has 0 amide bonds. The molecule has 2 fully saturated rings. The molecule has 2 aromatic carbocycles. The minimum atomic E-state index is -2.49. The van der Waals surface area contributed by atoms with Gasteiger partial charge >= 0.3 is 267 Å². The molecule has 0 bridgehead atoms. The van der Waals surface area contributed by atoms with E-state index in [1.54, 1.807) is 22.3 Å². The third-order valence-corrected chi connectivity index (χ3v) is 20.4. The Hall–Kier alpha value is -0.747. The van der Waals surface area contributed by atoms with E-state index in [1.807, 2.05) is 6.55 Å². The van der Waals surface area contributed by atoms with Crippen LogP contribution in [0.4, 0.5) is 0 Å². The summed E-state index contributed by atoms with van der Waals surface area (Å²) >= 11 is -2.49. The Morgan fingerprint density at radius 3 is 1.82 bits per heavy atom. The van der Waals surface area contributed by atoms with Gasteiger partial charge in [-0.2, -0.15) is 0 Å². The van der Waals surface area contributed by atoms with E-state index in [4.69, 9.17) is 0 Å². The SMILES string of the molecule is CC([C](C(C)C1CCCC1)=[Zr+2]([C]1=CC=CC1)[c]1c(C(C)(C)C)ccc2c1Cc1cc(C(C)(C)C)ccc1-2)C1CCCC1.[Cl-].[Cl-]. The number of benzene rings is 2. The minimum Gasteiger partial charge on any atom is -1.00 e. The second kappa shape index (κ2) is 14.2. The van der Waals surface area contributed by atoms with Crippen LogP contribution in [0.3, 0.4) is 0 Å². The van der Waals surface area contributed by atoms with E-state index in [2.05, 4.69) is 107 Å². The topological polar surface area (TPSA) is 0 Å². The van der Waals surface area contributed by atoms with Gasteiger partial charge in [0, 0.05) is 0 Å². The maximum atomic E-state index is 2.70. The summed E-state index contributed by atoms with van der Waals surface area (Å²) in [5.74, 6) is 3.32. The minimum absolute atomic E-state index is 0. The Morgan fingerprint density at radius 1 is 0.750 bits per heavy atom. The van der Waals surface area contributed by atoms with Crippen molar-refractivity contribution >= 4 is 6.48 Å². The van der Waals surface area contributed by atoms with Crippen LogP contribution in [0.25, 0.3) is 11.1 Å². The van der Waals surface area contributed by atoms with Crippen LogP contribution in [0.15, 0.2) is 51.8 Å². The van der Waals surface area contributed by atoms with Gasteiger partial charge in [0.05, 0.1) is 0 Å². The number of allylic oxidation sites excluding steroid dienone is 4. The first-order valence-corrected chi connectivity index (χ1v) is 21.0. The molecule has 0 aromatic heterocycles. The molecule has 0 heterocycles. The van der Waals surface area contributed by atoms with E-state index >= 15 is 0 Å². The molecule has 3 heteroatoms. The van der Waals surface area contributed by atoms with Gasteiger partial charge in [-0.05, 0) is 0 Å². The molecule has 2 aromatic rings. The number of halogens is 2. The van der Waals surface area contributed by atoms with Crippen molar-refractivity contribution in [2.45, 2.75) is 130 Å². The van der Waals surface area contributed by atoms with E-state index in [-0.39, 0.29) is 35.6 Å². The molecule has 4 aliphatic rings. The van der Waals surface area contributed by atoms with Crippen molar-refractivity contribution in [2.75, 3.05) is 0 Å². The van der Waals surface area contributed by atoms with Gasteiger partial charge in [-0.3, -0.25) is 0 Å². The first-order valence-electron chi connectivity index (χ1n) is 17.4. The predicted molar refractivity (Wildman–Crippen MR) is 181 cm³/mol. The fourth-order valence-corrected chi connectivity index (χ4v) is 19.4. The zero-order valence-electron chi connectivity index (χ0n) is 28.8. The average Bonchev–Trinajstić information content (AvgIpc) is 3.76. The summed E-state index contributed by atoms with van der Waals surface area (Å²) in [6, 6.07) is 12.5. The van der Waals surface area contributed by atoms with Crippen molar-refractivity contribution in [3.63, 3.8) is 0 Å². The van der Waals surface area contributed by atoms with E-state index in [0.29, 0.717) is 0 Å². The molecule has 2 atom stereocenters. The van der Waals surface area contributed by atoms with Crippen molar-refractivity contribution in [2.24, 2.45) is 23.7 Å². The average molecular weight is 711 g/mol. The second-order valence-corrected chi connectivity index (χ2v) is 22.5. The zero-order valence-corrected chi connectivity index (χ0v) is 32.7. The van der Waals surface area contributed by atoms with Crippen LogP contribution in [-0.2, 0) is 38.5 Å². The zero-order chi connectivity index (χ0) is 29.8. The summed E-state index contributed by atoms with van der Waals surface area (Å²) in [7, 11) is 0. The van der Waals surface area contributed by atoms with Crippen molar-refractivity contribution in [3.05, 3.63) is 74.1 Å². The molecule has 0 spiro atoms. The van der Waals surface area contributed by atoms with Gasteiger partial charge in [0.2, 0.25) is 0 Å². The Bertz CT molecular complexity index is 1410. The van der Waals surface area contributed by atoms with E-state index in [1.165, 1.54) is 68.9 Å². The number of hydrogen-bond acceptors (Lipinski definition) is 0. The van der Waals surface area contributed by atoms with Crippen molar-refractivity contribution in [3.8, 4) is 11.1 Å². The maximum absolute atomic E-state index is 2.70. The third kappa shape index (κ3) is 6.92. The Kier molecular flexibility index (Phi) is 11.6. The molecule has 0 N–H and O–H groups in total. The van der Waals surface area contributed by atoms with E-state index < -0.39 is 21.3 Å². The van der Waals surface area contributed by atoms with Crippen molar-refractivity contribution in [1.82, 2.24) is 0 Å². The smallest absolute Gasteiger partial charge is 1.00 e. The van der Waals surface area contributed by atoms with Crippen LogP contribution >= 0.6 is 0 Å². The van der Waals surface area contributed by atoms with Gasteiger partial charge in [-0.1, -0.05) is 0 Å². The molecule has 6 rings (SSSR count). The molecule has 2 saturated carbocycles. The molecular formula is C41H56Cl2Zr. The maximum Gasteiger partial charge on any atom is -1.00 e. The molecule has 2 unspecified atom stereocenters. The van der Waals surface area contributed by atoms with Crippen molar-refractivity contribution in [1.29, 1.82) is 0 Å². The monoisotopic (exact) mass is 708 g/mol. The molecule has 4 aliphatic carbocycles. The second-order valence-electron chi connectivity index (χ2n) is 16.4. The Labute approximate surface area is 289 Å². The van der Waals surface area contributed by atoms with E-state index in [9.17, 15) is 0 Å². The summed E-state index contributed by atoms with van der Waals surface area (Å²) in [6.45, 7) is 19.9. The van der Waals surface area contributed by atoms with Gasteiger partial charge in [-0.15, -0.1) is 0 Å². The first-order chi connectivity index (χ1) is 19.9. The molecule has 0 nitrogen and oxygen atoms in total. The summed E-state index contributed by atoms with van der Waals surface area (Å²) in [4.78, 5) is 0. The standard InChI is InChI=1S/C21H25.C15H26.C5H5.2ClH.Zr/c1-20(2,3)16-7-9-18-14(12-16)11-15-13-17(21(4,5)6)8-10-19(15)18;1-12(14-7-3-4-8-14)11-13(2)15-9-5-6-10-15;1-2-4-5-3-1;;;/h7-10,12H,11H2,1-6H3;12-15H,3-10H2,1-2H3;1-3H,4H2;2*1H;/q;;;;;+2/p-2. The molecule has 238 valence electrons. The fourth-order valence-electron chi connectivity index (χ4n) is 9.07. The van der Waals surface area contributed by atoms with Crippen LogP contribution in [0.5, 0.6) is 0 Å². The van der Waals surface area contributed by atoms with Crippen LogP contribution in [0.2, 0.25) is 0 Å². The van der Waals surface area contributed by atoms with Crippen LogP contribution in [-0.4, -0.2) is 3.21 Å². The molecule has 0 saturated heterocycles. The van der Waals surface area contributed by atoms with Crippen LogP contribution < -0.4 is 28.1 Å². The Morgan fingerprint density at radius 2 is 1.32 bits per heavy atom. The van der Waals surface area contributed by atoms with Crippen molar-refractivity contribution < 1.29 is 46.1 Å². The fraction of sp³-hybridized carbons (Fsp3) is 0.585. The number of fused-ring (bicyclic) bond motifs is 3. The first kappa shape index (κ1) is 36.1. The third-order valence-electron chi connectivity index (χ3n) is 11.6. The molecule has 44 heavy (non-hydrogen) atoms. The van der Waals surface area contributed by atoms with E-state index in [0.717, 1.165) is 30.1 Å². The summed E-state index contributed by atoms with van der Waals surface area (Å²) in [5.41, 5.74) is 9.83. The van der Waals surface area contributed by atoms with Gasteiger partial charge in [-0.25, -0.2) is 0 Å². The normalized spacial score (nSPS) is 19.4. The summed E-state index contributed by atoms with van der Waals surface area (Å²) < 4.78 is 5.83. The quantitative estimate of drug-likeness (QED) is 0.346. The van der Waals surface area contributed by atoms with Gasteiger partial charge in [0.15, 0.2) is 0 Å². The molecule has 0 aliphatic heterocycles. The summed E-state index contributed by atoms with van der Waals surface area (Å²) in [5, 5.41) is 0. The van der Waals surface area contributed by atoms with Gasteiger partial charge < -0.3 is 24.8 Å². The van der Waals surface area contributed by atoms with Gasteiger partial charge in [0.1, 0.15) is 0 Å². The largest absolute Gasteiger partial charge is 1.00 e. The van der Waals surface area contributed by atoms with Crippen LogP contribution in [0.1, 0.15) is 135 Å². The number of hydrogen-bond donors (Lipinski definition) is 0. The van der Waals surface area contributed by atoms with Gasteiger partial charge in [0.25, 0.3) is 0 Å². The number of rotatable bonds is 6. The summed E-state index contributed by atoms with van der Waals surface area (Å²) in [6.07, 6.45) is 21.4. The molecular weight excluding hydrogens is 655 g/mol. The Balaban J connectivity index is 0.00000221.